The van der Waals surface area contributed by atoms with Crippen LogP contribution in [0.25, 0.3) is 0 Å². The first-order valence-corrected chi connectivity index (χ1v) is 20.9. The average molecular weight is 627 g/mol. The third-order valence-electron chi connectivity index (χ3n) is 12.3. The molecule has 2 aromatic rings. The Morgan fingerprint density at radius 1 is 0.261 bits per heavy atom. The second kappa shape index (κ2) is 22.9. The molecule has 0 atom stereocenters. The van der Waals surface area contributed by atoms with E-state index in [-0.39, 0.29) is 0 Å². The minimum absolute atomic E-state index is 0.529. The Bertz CT molecular complexity index is 830. The first kappa shape index (κ1) is 37.3. The van der Waals surface area contributed by atoms with Crippen LogP contribution in [0.3, 0.4) is 0 Å². The summed E-state index contributed by atoms with van der Waals surface area (Å²) in [7, 11) is 0. The predicted molar refractivity (Wildman–Crippen MR) is 204 cm³/mol. The molecule has 0 N–H and O–H groups in total. The number of rotatable bonds is 4. The molecule has 3 fully saturated rings. The second-order valence-electron chi connectivity index (χ2n) is 16.3. The SMILES string of the molecule is c1ccc(CC23CCCCCCCCCCC(Cc4ccccc4)(CCCCCCCCCC2)CCCCCCCCCC3)cc1. The summed E-state index contributed by atoms with van der Waals surface area (Å²) in [6.07, 6.45) is 46.4. The lowest BCUT2D eigenvalue weighted by atomic mass is 9.70. The molecule has 0 heterocycles. The predicted octanol–water partition coefficient (Wildman–Crippen LogP) is 15.2. The molecule has 258 valence electrons. The highest BCUT2D eigenvalue weighted by molar-refractivity contribution is 5.17. The molecule has 0 aromatic heterocycles. The average Bonchev–Trinajstić information content (AvgIpc) is 3.07. The van der Waals surface area contributed by atoms with Crippen molar-refractivity contribution in [3.8, 4) is 0 Å². The van der Waals surface area contributed by atoms with Gasteiger partial charge in [0.15, 0.2) is 0 Å². The Morgan fingerprint density at radius 3 is 0.674 bits per heavy atom. The number of hydrogen-bond acceptors (Lipinski definition) is 0. The topological polar surface area (TPSA) is 0 Å². The molecule has 2 bridgehead atoms. The fourth-order valence-electron chi connectivity index (χ4n) is 9.52. The molecule has 0 aliphatic heterocycles. The molecule has 0 radical (unpaired) electrons. The van der Waals surface area contributed by atoms with Crippen LogP contribution in [0.15, 0.2) is 60.7 Å². The molecule has 3 aliphatic carbocycles. The molecule has 3 aliphatic rings. The zero-order valence-electron chi connectivity index (χ0n) is 30.4. The Morgan fingerprint density at radius 2 is 0.457 bits per heavy atom. The van der Waals surface area contributed by atoms with Crippen molar-refractivity contribution in [3.05, 3.63) is 71.8 Å². The highest BCUT2D eigenvalue weighted by Crippen LogP contribution is 2.42. The molecular formula is C46H74. The van der Waals surface area contributed by atoms with E-state index >= 15 is 0 Å². The van der Waals surface area contributed by atoms with E-state index in [1.807, 2.05) is 0 Å². The molecule has 3 saturated carbocycles. The van der Waals surface area contributed by atoms with Gasteiger partial charge in [-0.05, 0) is 73.3 Å². The molecule has 0 unspecified atom stereocenters. The van der Waals surface area contributed by atoms with Gasteiger partial charge in [-0.25, -0.2) is 0 Å². The largest absolute Gasteiger partial charge is 0.0622 e. The van der Waals surface area contributed by atoms with Crippen LogP contribution in [0.5, 0.6) is 0 Å². The van der Waals surface area contributed by atoms with Crippen molar-refractivity contribution in [1.82, 2.24) is 0 Å². The molecule has 0 amide bonds. The standard InChI is InChI=1S/C46H74/c1-2-8-14-26-36-46(42-44-33-23-20-24-34-44)39-29-17-11-5-3-9-15-27-37-45(35-25-13-7-1,41-43-31-21-19-22-32-43)38-28-16-10-4-6-12-18-30-40-46/h19-24,31-34H,1-18,25-30,35-42H2. The van der Waals surface area contributed by atoms with E-state index < -0.39 is 0 Å². The molecular weight excluding hydrogens is 553 g/mol. The van der Waals surface area contributed by atoms with Crippen molar-refractivity contribution in [2.24, 2.45) is 10.8 Å². The summed E-state index contributed by atoms with van der Waals surface area (Å²) in [6.45, 7) is 0. The third-order valence-corrected chi connectivity index (χ3v) is 12.3. The van der Waals surface area contributed by atoms with Gasteiger partial charge in [0, 0.05) is 0 Å². The second-order valence-corrected chi connectivity index (χ2v) is 16.3. The summed E-state index contributed by atoms with van der Waals surface area (Å²) in [5.74, 6) is 0. The summed E-state index contributed by atoms with van der Waals surface area (Å²) in [5.41, 5.74) is 4.25. The normalized spacial score (nSPS) is 27.0. The monoisotopic (exact) mass is 627 g/mol. The van der Waals surface area contributed by atoms with Gasteiger partial charge in [0.05, 0.1) is 0 Å². The minimum Gasteiger partial charge on any atom is -0.0622 e. The van der Waals surface area contributed by atoms with Gasteiger partial charge in [-0.2, -0.15) is 0 Å². The smallest absolute Gasteiger partial charge is 0.0222 e. The van der Waals surface area contributed by atoms with Gasteiger partial charge >= 0.3 is 0 Å². The van der Waals surface area contributed by atoms with Gasteiger partial charge < -0.3 is 0 Å². The van der Waals surface area contributed by atoms with E-state index in [2.05, 4.69) is 60.7 Å². The number of benzene rings is 2. The summed E-state index contributed by atoms with van der Waals surface area (Å²) >= 11 is 0. The summed E-state index contributed by atoms with van der Waals surface area (Å²) in [5, 5.41) is 0. The number of hydrogen-bond donors (Lipinski definition) is 0. The molecule has 0 nitrogen and oxygen atoms in total. The molecule has 0 spiro atoms. The third kappa shape index (κ3) is 15.1. The Balaban J connectivity index is 1.46. The van der Waals surface area contributed by atoms with E-state index in [0.717, 1.165) is 0 Å². The quantitative estimate of drug-likeness (QED) is 0.317. The van der Waals surface area contributed by atoms with E-state index in [1.165, 1.54) is 205 Å². The summed E-state index contributed by atoms with van der Waals surface area (Å²) in [4.78, 5) is 0. The molecule has 0 heteroatoms. The Hall–Kier alpha value is -1.56. The molecule has 0 saturated heterocycles. The van der Waals surface area contributed by atoms with Crippen molar-refractivity contribution in [3.63, 3.8) is 0 Å². The van der Waals surface area contributed by atoms with E-state index in [1.54, 1.807) is 11.1 Å². The van der Waals surface area contributed by atoms with Gasteiger partial charge in [0.1, 0.15) is 0 Å². The number of fused-ring (bicyclic) bond motifs is 27. The van der Waals surface area contributed by atoms with Crippen LogP contribution in [0, 0.1) is 10.8 Å². The van der Waals surface area contributed by atoms with Gasteiger partial charge in [0.2, 0.25) is 0 Å². The lowest BCUT2D eigenvalue weighted by molar-refractivity contribution is 0.190. The maximum absolute atomic E-state index is 2.42. The highest BCUT2D eigenvalue weighted by Gasteiger charge is 2.30. The lowest BCUT2D eigenvalue weighted by Crippen LogP contribution is -2.24. The molecule has 5 rings (SSSR count). The van der Waals surface area contributed by atoms with Gasteiger partial charge in [0.25, 0.3) is 0 Å². The zero-order chi connectivity index (χ0) is 31.9. The van der Waals surface area contributed by atoms with Crippen LogP contribution in [-0.2, 0) is 12.8 Å². The summed E-state index contributed by atoms with van der Waals surface area (Å²) < 4.78 is 0. The van der Waals surface area contributed by atoms with Crippen LogP contribution in [-0.4, -0.2) is 0 Å². The lowest BCUT2D eigenvalue weighted by Gasteiger charge is -2.35. The van der Waals surface area contributed by atoms with Crippen LogP contribution in [0.4, 0.5) is 0 Å². The van der Waals surface area contributed by atoms with Gasteiger partial charge in [-0.1, -0.05) is 215 Å². The first-order chi connectivity index (χ1) is 22.8. The van der Waals surface area contributed by atoms with Crippen LogP contribution >= 0.6 is 0 Å². The van der Waals surface area contributed by atoms with Crippen molar-refractivity contribution < 1.29 is 0 Å². The molecule has 2 aromatic carbocycles. The Kier molecular flexibility index (Phi) is 18.6. The summed E-state index contributed by atoms with van der Waals surface area (Å²) in [6, 6.07) is 23.2. The van der Waals surface area contributed by atoms with E-state index in [9.17, 15) is 0 Å². The first-order valence-electron chi connectivity index (χ1n) is 20.9. The van der Waals surface area contributed by atoms with Crippen molar-refractivity contribution in [2.75, 3.05) is 0 Å². The van der Waals surface area contributed by atoms with E-state index in [4.69, 9.17) is 0 Å². The van der Waals surface area contributed by atoms with Crippen LogP contribution < -0.4 is 0 Å². The zero-order valence-corrected chi connectivity index (χ0v) is 30.4. The molecule has 46 heavy (non-hydrogen) atoms. The minimum atomic E-state index is 0.529. The fourth-order valence-corrected chi connectivity index (χ4v) is 9.52. The maximum Gasteiger partial charge on any atom is -0.0222 e. The van der Waals surface area contributed by atoms with Gasteiger partial charge in [-0.3, -0.25) is 0 Å². The Labute approximate surface area is 287 Å². The van der Waals surface area contributed by atoms with Crippen molar-refractivity contribution >= 4 is 0 Å². The van der Waals surface area contributed by atoms with Gasteiger partial charge in [-0.15, -0.1) is 0 Å². The highest BCUT2D eigenvalue weighted by atomic mass is 14.4. The van der Waals surface area contributed by atoms with Crippen LogP contribution in [0.2, 0.25) is 0 Å². The van der Waals surface area contributed by atoms with Crippen molar-refractivity contribution in [1.29, 1.82) is 0 Å². The van der Waals surface area contributed by atoms with Crippen LogP contribution in [0.1, 0.15) is 204 Å². The maximum atomic E-state index is 2.42. The van der Waals surface area contributed by atoms with Crippen molar-refractivity contribution in [2.45, 2.75) is 205 Å². The fraction of sp³-hybridized carbons (Fsp3) is 0.739. The van der Waals surface area contributed by atoms with E-state index in [0.29, 0.717) is 10.8 Å².